The van der Waals surface area contributed by atoms with Gasteiger partial charge < -0.3 is 5.32 Å². The van der Waals surface area contributed by atoms with Gasteiger partial charge >= 0.3 is 0 Å². The van der Waals surface area contributed by atoms with E-state index in [0.717, 1.165) is 37.6 Å². The third-order valence-electron chi connectivity index (χ3n) is 3.24. The van der Waals surface area contributed by atoms with Gasteiger partial charge in [-0.3, -0.25) is 0 Å². The van der Waals surface area contributed by atoms with Gasteiger partial charge in [-0.25, -0.2) is 9.67 Å². The first kappa shape index (κ1) is 16.2. The molecule has 2 aromatic heterocycles. The van der Waals surface area contributed by atoms with Crippen molar-refractivity contribution in [1.82, 2.24) is 20.1 Å². The topological polar surface area (TPSA) is 42.7 Å². The number of nitrogens with one attached hydrogen (secondary N) is 1. The number of thiophene rings is 1. The molecule has 2 rings (SSSR count). The van der Waals surface area contributed by atoms with Gasteiger partial charge in [-0.15, -0.1) is 11.3 Å². The summed E-state index contributed by atoms with van der Waals surface area (Å²) < 4.78 is 2.05. The van der Waals surface area contributed by atoms with Gasteiger partial charge in [-0.1, -0.05) is 13.8 Å². The largest absolute Gasteiger partial charge is 0.307 e. The number of hydrogen-bond acceptors (Lipinski definition) is 4. The standard InChI is InChI=1S/C16H26N4S/c1-6-14-18-15(7-2)20(19-14)11-13-9-8-12(21-13)10-17-16(3,4)5/h8-9,17H,6-7,10-11H2,1-5H3. The second-order valence-corrected chi connectivity index (χ2v) is 7.53. The molecule has 0 spiro atoms. The molecule has 0 aliphatic rings. The highest BCUT2D eigenvalue weighted by molar-refractivity contribution is 7.11. The Balaban J connectivity index is 2.03. The molecule has 0 amide bonds. The quantitative estimate of drug-likeness (QED) is 0.889. The molecule has 2 heterocycles. The summed E-state index contributed by atoms with van der Waals surface area (Å²) in [6.07, 6.45) is 1.82. The average molecular weight is 306 g/mol. The predicted octanol–water partition coefficient (Wildman–Crippen LogP) is 3.40. The van der Waals surface area contributed by atoms with Crippen LogP contribution in [0.1, 0.15) is 56.0 Å². The molecule has 0 aliphatic heterocycles. The van der Waals surface area contributed by atoms with Gasteiger partial charge in [0.05, 0.1) is 6.54 Å². The minimum atomic E-state index is 0.154. The van der Waals surface area contributed by atoms with Crippen LogP contribution < -0.4 is 5.32 Å². The van der Waals surface area contributed by atoms with E-state index in [2.05, 4.69) is 62.2 Å². The zero-order valence-electron chi connectivity index (χ0n) is 13.7. The molecule has 21 heavy (non-hydrogen) atoms. The van der Waals surface area contributed by atoms with Gasteiger partial charge in [0.2, 0.25) is 0 Å². The first-order valence-corrected chi connectivity index (χ1v) is 8.48. The van der Waals surface area contributed by atoms with Crippen molar-refractivity contribution in [3.63, 3.8) is 0 Å². The fourth-order valence-corrected chi connectivity index (χ4v) is 3.01. The molecular formula is C16H26N4S. The van der Waals surface area contributed by atoms with Gasteiger partial charge in [0.1, 0.15) is 5.82 Å². The van der Waals surface area contributed by atoms with E-state index in [1.807, 2.05) is 16.0 Å². The van der Waals surface area contributed by atoms with Crippen LogP contribution >= 0.6 is 11.3 Å². The Hall–Kier alpha value is -1.20. The SMILES string of the molecule is CCc1nc(CC)n(Cc2ccc(CNC(C)(C)C)s2)n1. The van der Waals surface area contributed by atoms with Gasteiger partial charge in [0.15, 0.2) is 5.82 Å². The Bertz CT molecular complexity index is 577. The average Bonchev–Trinajstić information content (AvgIpc) is 3.02. The second-order valence-electron chi connectivity index (χ2n) is 6.28. The Morgan fingerprint density at radius 2 is 1.86 bits per heavy atom. The van der Waals surface area contributed by atoms with Crippen molar-refractivity contribution in [2.75, 3.05) is 0 Å². The maximum Gasteiger partial charge on any atom is 0.150 e. The zero-order chi connectivity index (χ0) is 15.5. The van der Waals surface area contributed by atoms with Crippen LogP contribution in [0, 0.1) is 0 Å². The Kier molecular flexibility index (Phi) is 5.17. The van der Waals surface area contributed by atoms with E-state index in [9.17, 15) is 0 Å². The summed E-state index contributed by atoms with van der Waals surface area (Å²) in [5, 5.41) is 8.11. The number of hydrogen-bond donors (Lipinski definition) is 1. The Morgan fingerprint density at radius 3 is 2.48 bits per heavy atom. The van der Waals surface area contributed by atoms with Crippen molar-refractivity contribution in [2.45, 2.75) is 66.1 Å². The van der Waals surface area contributed by atoms with Crippen LogP contribution in [0.3, 0.4) is 0 Å². The van der Waals surface area contributed by atoms with Crippen molar-refractivity contribution < 1.29 is 0 Å². The summed E-state index contributed by atoms with van der Waals surface area (Å²) in [6.45, 7) is 12.6. The first-order valence-electron chi connectivity index (χ1n) is 7.66. The van der Waals surface area contributed by atoms with Gasteiger partial charge in [-0.05, 0) is 32.9 Å². The normalized spacial score (nSPS) is 12.0. The molecule has 0 aliphatic carbocycles. The Morgan fingerprint density at radius 1 is 1.14 bits per heavy atom. The summed E-state index contributed by atoms with van der Waals surface area (Å²) in [7, 11) is 0. The van der Waals surface area contributed by atoms with Crippen LogP contribution in [-0.2, 0) is 25.9 Å². The lowest BCUT2D eigenvalue weighted by Gasteiger charge is -2.19. The molecule has 0 saturated carbocycles. The minimum Gasteiger partial charge on any atom is -0.307 e. The molecule has 5 heteroatoms. The molecule has 0 bridgehead atoms. The fourth-order valence-electron chi connectivity index (χ4n) is 2.07. The lowest BCUT2D eigenvalue weighted by Crippen LogP contribution is -2.34. The third kappa shape index (κ3) is 4.64. The van der Waals surface area contributed by atoms with E-state index in [-0.39, 0.29) is 5.54 Å². The monoisotopic (exact) mass is 306 g/mol. The fraction of sp³-hybridized carbons (Fsp3) is 0.625. The first-order chi connectivity index (χ1) is 9.91. The summed E-state index contributed by atoms with van der Waals surface area (Å²) >= 11 is 1.85. The third-order valence-corrected chi connectivity index (χ3v) is 4.31. The predicted molar refractivity (Wildman–Crippen MR) is 88.8 cm³/mol. The smallest absolute Gasteiger partial charge is 0.150 e. The highest BCUT2D eigenvalue weighted by Gasteiger charge is 2.11. The maximum atomic E-state index is 4.59. The number of aryl methyl sites for hydroxylation is 2. The van der Waals surface area contributed by atoms with Crippen LogP contribution in [0.4, 0.5) is 0 Å². The molecule has 2 aromatic rings. The van der Waals surface area contributed by atoms with Crippen LogP contribution in [0.5, 0.6) is 0 Å². The van der Waals surface area contributed by atoms with E-state index in [1.165, 1.54) is 9.75 Å². The lowest BCUT2D eigenvalue weighted by atomic mass is 10.1. The molecule has 0 atom stereocenters. The number of rotatable bonds is 6. The van der Waals surface area contributed by atoms with Crippen molar-refractivity contribution in [2.24, 2.45) is 0 Å². The van der Waals surface area contributed by atoms with Crippen LogP contribution in [0.15, 0.2) is 12.1 Å². The van der Waals surface area contributed by atoms with Crippen LogP contribution in [0.2, 0.25) is 0 Å². The molecule has 0 radical (unpaired) electrons. The van der Waals surface area contributed by atoms with Crippen LogP contribution in [-0.4, -0.2) is 20.3 Å². The maximum absolute atomic E-state index is 4.59. The number of aromatic nitrogens is 3. The molecule has 0 fully saturated rings. The van der Waals surface area contributed by atoms with Crippen LogP contribution in [0.25, 0.3) is 0 Å². The van der Waals surface area contributed by atoms with Gasteiger partial charge in [-0.2, -0.15) is 5.10 Å². The van der Waals surface area contributed by atoms with Gasteiger partial charge in [0, 0.05) is 34.7 Å². The van der Waals surface area contributed by atoms with E-state index in [4.69, 9.17) is 0 Å². The van der Waals surface area contributed by atoms with E-state index < -0.39 is 0 Å². The second kappa shape index (κ2) is 6.71. The summed E-state index contributed by atoms with van der Waals surface area (Å²) in [5.41, 5.74) is 0.154. The molecule has 116 valence electrons. The summed E-state index contributed by atoms with van der Waals surface area (Å²) in [5.74, 6) is 2.02. The number of nitrogens with zero attached hydrogens (tertiary/aromatic N) is 3. The highest BCUT2D eigenvalue weighted by atomic mass is 32.1. The van der Waals surface area contributed by atoms with Crippen molar-refractivity contribution >= 4 is 11.3 Å². The molecule has 4 nitrogen and oxygen atoms in total. The molecule has 0 unspecified atom stereocenters. The van der Waals surface area contributed by atoms with E-state index in [1.54, 1.807) is 0 Å². The molecule has 1 N–H and O–H groups in total. The lowest BCUT2D eigenvalue weighted by molar-refractivity contribution is 0.426. The highest BCUT2D eigenvalue weighted by Crippen LogP contribution is 2.19. The zero-order valence-corrected chi connectivity index (χ0v) is 14.5. The molecular weight excluding hydrogens is 280 g/mol. The van der Waals surface area contributed by atoms with Gasteiger partial charge in [0.25, 0.3) is 0 Å². The Labute approximate surface area is 131 Å². The van der Waals surface area contributed by atoms with E-state index in [0.29, 0.717) is 0 Å². The molecule has 0 saturated heterocycles. The minimum absolute atomic E-state index is 0.154. The van der Waals surface area contributed by atoms with Crippen molar-refractivity contribution in [3.05, 3.63) is 33.5 Å². The summed E-state index contributed by atoms with van der Waals surface area (Å²) in [6, 6.07) is 4.42. The summed E-state index contributed by atoms with van der Waals surface area (Å²) in [4.78, 5) is 7.27. The molecule has 0 aromatic carbocycles. The van der Waals surface area contributed by atoms with E-state index >= 15 is 0 Å². The van der Waals surface area contributed by atoms with Crippen molar-refractivity contribution in [3.8, 4) is 0 Å². The van der Waals surface area contributed by atoms with Crippen molar-refractivity contribution in [1.29, 1.82) is 0 Å².